The molecule has 4 nitrogen and oxygen atoms in total. The Balaban J connectivity index is 0. The third kappa shape index (κ3) is 22.9. The Morgan fingerprint density at radius 2 is 1.12 bits per heavy atom. The highest BCUT2D eigenvalue weighted by atomic mass is 16.5. The molecule has 0 aliphatic rings. The molecule has 0 N–H and O–H groups in total. The van der Waals surface area contributed by atoms with E-state index < -0.39 is 0 Å². The lowest BCUT2D eigenvalue weighted by Crippen LogP contribution is -2.07. The summed E-state index contributed by atoms with van der Waals surface area (Å²) in [4.78, 5) is 22.5. The van der Waals surface area contributed by atoms with E-state index in [9.17, 15) is 9.59 Å². The maximum absolute atomic E-state index is 11.2. The molecule has 156 valence electrons. The standard InChI is InChI=1S/C14H26O4.C8H18/c1-3-5-11-17-13(15)9-7-8-10-14(16)18-12-6-4-2;1-4-6-7-8(3)5-2/h3-12H2,1-2H3;8H,4-7H2,1-3H3. The Morgan fingerprint density at radius 3 is 1.46 bits per heavy atom. The fourth-order valence-corrected chi connectivity index (χ4v) is 2.10. The predicted octanol–water partition coefficient (Wildman–Crippen LogP) is 6.46. The van der Waals surface area contributed by atoms with Crippen LogP contribution in [0.4, 0.5) is 0 Å². The number of unbranched alkanes of at least 4 members (excludes halogenated alkanes) is 4. The fourth-order valence-electron chi connectivity index (χ4n) is 2.10. The van der Waals surface area contributed by atoms with Gasteiger partial charge in [0.25, 0.3) is 0 Å². The summed E-state index contributed by atoms with van der Waals surface area (Å²) in [7, 11) is 0. The first-order valence-electron chi connectivity index (χ1n) is 10.8. The first-order chi connectivity index (χ1) is 12.5. The van der Waals surface area contributed by atoms with Gasteiger partial charge < -0.3 is 9.47 Å². The zero-order valence-corrected chi connectivity index (χ0v) is 18.1. The fraction of sp³-hybridized carbons (Fsp3) is 0.909. The molecule has 26 heavy (non-hydrogen) atoms. The number of esters is 2. The lowest BCUT2D eigenvalue weighted by Gasteiger charge is -2.04. The van der Waals surface area contributed by atoms with Crippen molar-refractivity contribution >= 4 is 11.9 Å². The Bertz CT molecular complexity index is 291. The zero-order valence-electron chi connectivity index (χ0n) is 18.1. The number of hydrogen-bond acceptors (Lipinski definition) is 4. The van der Waals surface area contributed by atoms with Crippen LogP contribution >= 0.6 is 0 Å². The molecule has 0 heterocycles. The molecule has 0 aliphatic heterocycles. The van der Waals surface area contributed by atoms with E-state index in [1.807, 2.05) is 0 Å². The van der Waals surface area contributed by atoms with Gasteiger partial charge in [0.15, 0.2) is 0 Å². The highest BCUT2D eigenvalue weighted by molar-refractivity contribution is 5.70. The lowest BCUT2D eigenvalue weighted by molar-refractivity contribution is -0.146. The van der Waals surface area contributed by atoms with Crippen LogP contribution in [0.25, 0.3) is 0 Å². The van der Waals surface area contributed by atoms with Gasteiger partial charge in [0.2, 0.25) is 0 Å². The molecule has 0 aromatic rings. The largest absolute Gasteiger partial charge is 0.466 e. The smallest absolute Gasteiger partial charge is 0.305 e. The van der Waals surface area contributed by atoms with Gasteiger partial charge in [-0.05, 0) is 31.6 Å². The number of carbonyl (C=O) groups excluding carboxylic acids is 2. The predicted molar refractivity (Wildman–Crippen MR) is 109 cm³/mol. The third-order valence-electron chi connectivity index (χ3n) is 4.28. The van der Waals surface area contributed by atoms with Crippen molar-refractivity contribution < 1.29 is 19.1 Å². The molecular formula is C22H44O4. The summed E-state index contributed by atoms with van der Waals surface area (Å²) < 4.78 is 10.0. The quantitative estimate of drug-likeness (QED) is 0.245. The molecular weight excluding hydrogens is 328 g/mol. The molecule has 4 heteroatoms. The SMILES string of the molecule is CCCCC(C)CC.CCCCOC(=O)CCCCC(=O)OCCCC. The van der Waals surface area contributed by atoms with Crippen LogP contribution in [0.5, 0.6) is 0 Å². The first-order valence-corrected chi connectivity index (χ1v) is 10.8. The normalized spacial score (nSPS) is 11.3. The van der Waals surface area contributed by atoms with Crippen LogP contribution in [0.3, 0.4) is 0 Å². The Kier molecular flexibility index (Phi) is 23.0. The third-order valence-corrected chi connectivity index (χ3v) is 4.28. The van der Waals surface area contributed by atoms with Gasteiger partial charge >= 0.3 is 11.9 Å². The van der Waals surface area contributed by atoms with Gasteiger partial charge in [-0.1, -0.05) is 73.1 Å². The molecule has 0 aromatic carbocycles. The van der Waals surface area contributed by atoms with Crippen LogP contribution in [0.2, 0.25) is 0 Å². The van der Waals surface area contributed by atoms with Gasteiger partial charge in [0, 0.05) is 12.8 Å². The van der Waals surface area contributed by atoms with Crippen molar-refractivity contribution in [1.82, 2.24) is 0 Å². The molecule has 0 saturated carbocycles. The van der Waals surface area contributed by atoms with E-state index >= 15 is 0 Å². The van der Waals surface area contributed by atoms with Crippen molar-refractivity contribution in [2.24, 2.45) is 5.92 Å². The molecule has 0 bridgehead atoms. The second kappa shape index (κ2) is 22.0. The summed E-state index contributed by atoms with van der Waals surface area (Å²) in [6.45, 7) is 12.0. The lowest BCUT2D eigenvalue weighted by atomic mass is 10.0. The molecule has 0 amide bonds. The topological polar surface area (TPSA) is 52.6 Å². The van der Waals surface area contributed by atoms with Crippen LogP contribution < -0.4 is 0 Å². The van der Waals surface area contributed by atoms with Crippen molar-refractivity contribution in [3.63, 3.8) is 0 Å². The van der Waals surface area contributed by atoms with Gasteiger partial charge in [0.1, 0.15) is 0 Å². The molecule has 0 fully saturated rings. The monoisotopic (exact) mass is 372 g/mol. The highest BCUT2D eigenvalue weighted by Crippen LogP contribution is 2.09. The summed E-state index contributed by atoms with van der Waals surface area (Å²) in [5.41, 5.74) is 0. The van der Waals surface area contributed by atoms with Crippen LogP contribution in [-0.2, 0) is 19.1 Å². The molecule has 0 radical (unpaired) electrons. The molecule has 0 spiro atoms. The summed E-state index contributed by atoms with van der Waals surface area (Å²) in [6.07, 6.45) is 11.6. The van der Waals surface area contributed by atoms with E-state index in [0.717, 1.165) is 31.6 Å². The number of hydrogen-bond donors (Lipinski definition) is 0. The van der Waals surface area contributed by atoms with E-state index in [-0.39, 0.29) is 11.9 Å². The minimum absolute atomic E-state index is 0.164. The van der Waals surface area contributed by atoms with Crippen molar-refractivity contribution in [3.8, 4) is 0 Å². The first kappa shape index (κ1) is 27.2. The average molecular weight is 373 g/mol. The maximum atomic E-state index is 11.2. The van der Waals surface area contributed by atoms with Crippen LogP contribution in [0.1, 0.15) is 112 Å². The van der Waals surface area contributed by atoms with Gasteiger partial charge in [-0.2, -0.15) is 0 Å². The van der Waals surface area contributed by atoms with Crippen molar-refractivity contribution in [3.05, 3.63) is 0 Å². The van der Waals surface area contributed by atoms with E-state index in [2.05, 4.69) is 34.6 Å². The van der Waals surface area contributed by atoms with E-state index in [1.165, 1.54) is 25.7 Å². The summed E-state index contributed by atoms with van der Waals surface area (Å²) in [5, 5.41) is 0. The number of carbonyl (C=O) groups is 2. The van der Waals surface area contributed by atoms with E-state index in [1.54, 1.807) is 0 Å². The highest BCUT2D eigenvalue weighted by Gasteiger charge is 2.05. The van der Waals surface area contributed by atoms with Gasteiger partial charge in [-0.3, -0.25) is 9.59 Å². The van der Waals surface area contributed by atoms with E-state index in [0.29, 0.717) is 38.9 Å². The van der Waals surface area contributed by atoms with Gasteiger partial charge in [-0.25, -0.2) is 0 Å². The van der Waals surface area contributed by atoms with Gasteiger partial charge in [0.05, 0.1) is 13.2 Å². The zero-order chi connectivity index (χ0) is 20.0. The minimum atomic E-state index is -0.164. The average Bonchev–Trinajstić information content (AvgIpc) is 2.64. The summed E-state index contributed by atoms with van der Waals surface area (Å²) in [6, 6.07) is 0. The van der Waals surface area contributed by atoms with Gasteiger partial charge in [-0.15, -0.1) is 0 Å². The van der Waals surface area contributed by atoms with Crippen molar-refractivity contribution in [2.75, 3.05) is 13.2 Å². The van der Waals surface area contributed by atoms with Crippen molar-refractivity contribution in [1.29, 1.82) is 0 Å². The minimum Gasteiger partial charge on any atom is -0.466 e. The number of ether oxygens (including phenoxy) is 2. The number of rotatable bonds is 15. The van der Waals surface area contributed by atoms with Crippen LogP contribution in [-0.4, -0.2) is 25.2 Å². The van der Waals surface area contributed by atoms with Crippen LogP contribution in [0.15, 0.2) is 0 Å². The molecule has 0 aliphatic carbocycles. The van der Waals surface area contributed by atoms with Crippen molar-refractivity contribution in [2.45, 2.75) is 112 Å². The van der Waals surface area contributed by atoms with E-state index in [4.69, 9.17) is 9.47 Å². The molecule has 0 saturated heterocycles. The summed E-state index contributed by atoms with van der Waals surface area (Å²) >= 11 is 0. The Hall–Kier alpha value is -1.06. The molecule has 1 unspecified atom stereocenters. The molecule has 0 aromatic heterocycles. The second-order valence-electron chi connectivity index (χ2n) is 7.01. The van der Waals surface area contributed by atoms with Crippen LogP contribution in [0, 0.1) is 5.92 Å². The summed E-state index contributed by atoms with van der Waals surface area (Å²) in [5.74, 6) is 0.626. The second-order valence-corrected chi connectivity index (χ2v) is 7.01. The maximum Gasteiger partial charge on any atom is 0.305 e. The molecule has 1 atom stereocenters. The Labute approximate surface area is 162 Å². The Morgan fingerprint density at radius 1 is 0.692 bits per heavy atom. The molecule has 0 rings (SSSR count).